The maximum atomic E-state index is 11.8. The van der Waals surface area contributed by atoms with Crippen LogP contribution in [0.25, 0.3) is 0 Å². The van der Waals surface area contributed by atoms with Crippen molar-refractivity contribution < 1.29 is 9.63 Å². The van der Waals surface area contributed by atoms with Gasteiger partial charge in [0, 0.05) is 7.05 Å². The van der Waals surface area contributed by atoms with Gasteiger partial charge in [-0.1, -0.05) is 12.1 Å². The summed E-state index contributed by atoms with van der Waals surface area (Å²) in [5, 5.41) is 4.21. The van der Waals surface area contributed by atoms with E-state index in [9.17, 15) is 4.79 Å². The van der Waals surface area contributed by atoms with Crippen LogP contribution in [0.4, 0.5) is 11.4 Å². The van der Waals surface area contributed by atoms with Crippen molar-refractivity contribution in [2.24, 2.45) is 0 Å². The van der Waals surface area contributed by atoms with Crippen molar-refractivity contribution in [1.29, 1.82) is 0 Å². The molecular weight excluding hydrogens is 206 g/mol. The second-order valence-corrected chi connectivity index (χ2v) is 3.48. The largest absolute Gasteiger partial charge is 0.397 e. The topological polar surface area (TPSA) is 67.6 Å². The number of para-hydroxylation sites is 2. The molecule has 0 radical (unpaired) electrons. The zero-order chi connectivity index (χ0) is 12.1. The van der Waals surface area contributed by atoms with Gasteiger partial charge in [-0.05, 0) is 19.1 Å². The van der Waals surface area contributed by atoms with Gasteiger partial charge in [0.2, 0.25) is 5.91 Å². The zero-order valence-corrected chi connectivity index (χ0v) is 9.73. The van der Waals surface area contributed by atoms with E-state index in [4.69, 9.17) is 10.6 Å². The third kappa shape index (κ3) is 2.95. The Kier molecular flexibility index (Phi) is 4.28. The standard InChI is InChI=1S/C11H17N3O2/c1-8(14(2)16-3)11(15)13-10-7-5-4-6-9(10)12/h4-8H,12H2,1-3H3,(H,13,15). The predicted molar refractivity (Wildman–Crippen MR) is 63.7 cm³/mol. The lowest BCUT2D eigenvalue weighted by Gasteiger charge is -2.21. The molecule has 0 bridgehead atoms. The smallest absolute Gasteiger partial charge is 0.243 e. The molecule has 88 valence electrons. The molecule has 1 amide bonds. The van der Waals surface area contributed by atoms with Gasteiger partial charge < -0.3 is 15.9 Å². The Bertz CT molecular complexity index is 368. The second kappa shape index (κ2) is 5.48. The van der Waals surface area contributed by atoms with Crippen molar-refractivity contribution in [2.45, 2.75) is 13.0 Å². The maximum Gasteiger partial charge on any atom is 0.243 e. The summed E-state index contributed by atoms with van der Waals surface area (Å²) in [7, 11) is 3.21. The van der Waals surface area contributed by atoms with Gasteiger partial charge in [-0.3, -0.25) is 4.79 Å². The van der Waals surface area contributed by atoms with Crippen molar-refractivity contribution in [3.63, 3.8) is 0 Å². The SMILES string of the molecule is CON(C)C(C)C(=O)Nc1ccccc1N. The number of amides is 1. The van der Waals surface area contributed by atoms with Crippen molar-refractivity contribution in [2.75, 3.05) is 25.2 Å². The molecule has 0 fully saturated rings. The number of anilines is 2. The Morgan fingerprint density at radius 2 is 2.12 bits per heavy atom. The van der Waals surface area contributed by atoms with Crippen molar-refractivity contribution in [3.05, 3.63) is 24.3 Å². The summed E-state index contributed by atoms with van der Waals surface area (Å²) in [5.41, 5.74) is 6.88. The van der Waals surface area contributed by atoms with Crippen LogP contribution in [0.1, 0.15) is 6.92 Å². The Balaban J connectivity index is 2.68. The van der Waals surface area contributed by atoms with E-state index < -0.39 is 0 Å². The Morgan fingerprint density at radius 1 is 1.50 bits per heavy atom. The van der Waals surface area contributed by atoms with E-state index in [1.165, 1.54) is 12.2 Å². The number of likely N-dealkylation sites (N-methyl/N-ethyl adjacent to an activating group) is 1. The number of nitrogen functional groups attached to an aromatic ring is 1. The number of hydrogen-bond acceptors (Lipinski definition) is 4. The Labute approximate surface area is 95.1 Å². The molecule has 1 unspecified atom stereocenters. The molecule has 5 heteroatoms. The van der Waals surface area contributed by atoms with Crippen LogP contribution in [0.3, 0.4) is 0 Å². The fourth-order valence-electron chi connectivity index (χ4n) is 1.17. The number of nitrogens with two attached hydrogens (primary N) is 1. The van der Waals surface area contributed by atoms with Crippen molar-refractivity contribution in [1.82, 2.24) is 5.06 Å². The highest BCUT2D eigenvalue weighted by Gasteiger charge is 2.18. The van der Waals surface area contributed by atoms with Gasteiger partial charge in [-0.2, -0.15) is 5.06 Å². The predicted octanol–water partition coefficient (Wildman–Crippen LogP) is 1.09. The highest BCUT2D eigenvalue weighted by atomic mass is 16.7. The van der Waals surface area contributed by atoms with E-state index in [-0.39, 0.29) is 11.9 Å². The van der Waals surface area contributed by atoms with Gasteiger partial charge in [0.25, 0.3) is 0 Å². The molecule has 0 heterocycles. The molecule has 0 aliphatic carbocycles. The lowest BCUT2D eigenvalue weighted by atomic mass is 10.2. The number of hydrogen-bond donors (Lipinski definition) is 2. The van der Waals surface area contributed by atoms with Crippen LogP contribution >= 0.6 is 0 Å². The molecule has 0 aliphatic heterocycles. The minimum absolute atomic E-state index is 0.165. The lowest BCUT2D eigenvalue weighted by molar-refractivity contribution is -0.154. The van der Waals surface area contributed by atoms with E-state index in [0.29, 0.717) is 11.4 Å². The molecule has 0 aromatic heterocycles. The molecule has 3 N–H and O–H groups in total. The Hall–Kier alpha value is -1.59. The van der Waals surface area contributed by atoms with Crippen LogP contribution in [0.15, 0.2) is 24.3 Å². The van der Waals surface area contributed by atoms with E-state index >= 15 is 0 Å². The molecule has 1 aromatic carbocycles. The third-order valence-corrected chi connectivity index (χ3v) is 2.43. The van der Waals surface area contributed by atoms with Crippen LogP contribution < -0.4 is 11.1 Å². The quantitative estimate of drug-likeness (QED) is 0.592. The number of nitrogens with one attached hydrogen (secondary N) is 1. The fraction of sp³-hybridized carbons (Fsp3) is 0.364. The summed E-state index contributed by atoms with van der Waals surface area (Å²) in [6.07, 6.45) is 0. The van der Waals surface area contributed by atoms with Crippen LogP contribution in [-0.4, -0.2) is 31.2 Å². The molecule has 1 atom stereocenters. The molecule has 0 aliphatic rings. The van der Waals surface area contributed by atoms with Gasteiger partial charge in [0.1, 0.15) is 6.04 Å². The first-order valence-electron chi connectivity index (χ1n) is 4.98. The number of nitrogens with zero attached hydrogens (tertiary/aromatic N) is 1. The summed E-state index contributed by atoms with van der Waals surface area (Å²) >= 11 is 0. The molecule has 0 saturated heterocycles. The average Bonchev–Trinajstić information content (AvgIpc) is 2.30. The molecule has 16 heavy (non-hydrogen) atoms. The second-order valence-electron chi connectivity index (χ2n) is 3.48. The third-order valence-electron chi connectivity index (χ3n) is 2.43. The van der Waals surface area contributed by atoms with Crippen LogP contribution in [0.5, 0.6) is 0 Å². The highest BCUT2D eigenvalue weighted by Crippen LogP contribution is 2.17. The number of carbonyl (C=O) groups is 1. The molecule has 1 aromatic rings. The number of carbonyl (C=O) groups excluding carboxylic acids is 1. The summed E-state index contributed by atoms with van der Waals surface area (Å²) < 4.78 is 0. The minimum Gasteiger partial charge on any atom is -0.397 e. The molecule has 5 nitrogen and oxygen atoms in total. The maximum absolute atomic E-state index is 11.8. The average molecular weight is 223 g/mol. The number of benzene rings is 1. The summed E-state index contributed by atoms with van der Waals surface area (Å²) in [5.74, 6) is -0.165. The van der Waals surface area contributed by atoms with E-state index in [0.717, 1.165) is 0 Å². The fourth-order valence-corrected chi connectivity index (χ4v) is 1.17. The first-order chi connectivity index (χ1) is 7.56. The van der Waals surface area contributed by atoms with Gasteiger partial charge in [0.15, 0.2) is 0 Å². The normalized spacial score (nSPS) is 12.5. The number of rotatable bonds is 4. The van der Waals surface area contributed by atoms with Crippen molar-refractivity contribution in [3.8, 4) is 0 Å². The summed E-state index contributed by atoms with van der Waals surface area (Å²) in [6, 6.07) is 6.74. The lowest BCUT2D eigenvalue weighted by Crippen LogP contribution is -2.38. The van der Waals surface area contributed by atoms with Gasteiger partial charge in [0.05, 0.1) is 18.5 Å². The molecule has 1 rings (SSSR count). The molecule has 0 saturated carbocycles. The first kappa shape index (κ1) is 12.5. The number of hydroxylamine groups is 2. The zero-order valence-electron chi connectivity index (χ0n) is 9.73. The highest BCUT2D eigenvalue weighted by molar-refractivity contribution is 5.96. The summed E-state index contributed by atoms with van der Waals surface area (Å²) in [4.78, 5) is 16.7. The monoisotopic (exact) mass is 223 g/mol. The van der Waals surface area contributed by atoms with Crippen LogP contribution in [-0.2, 0) is 9.63 Å². The van der Waals surface area contributed by atoms with Gasteiger partial charge in [-0.15, -0.1) is 0 Å². The van der Waals surface area contributed by atoms with Crippen LogP contribution in [0.2, 0.25) is 0 Å². The molecule has 0 spiro atoms. The molecular formula is C11H17N3O2. The van der Waals surface area contributed by atoms with E-state index in [1.54, 1.807) is 26.1 Å². The van der Waals surface area contributed by atoms with Crippen molar-refractivity contribution >= 4 is 17.3 Å². The van der Waals surface area contributed by atoms with Gasteiger partial charge >= 0.3 is 0 Å². The minimum atomic E-state index is -0.385. The first-order valence-corrected chi connectivity index (χ1v) is 4.98. The Morgan fingerprint density at radius 3 is 2.69 bits per heavy atom. The van der Waals surface area contributed by atoms with Gasteiger partial charge in [-0.25, -0.2) is 0 Å². The van der Waals surface area contributed by atoms with E-state index in [1.807, 2.05) is 12.1 Å². The van der Waals surface area contributed by atoms with E-state index in [2.05, 4.69) is 5.32 Å². The summed E-state index contributed by atoms with van der Waals surface area (Å²) in [6.45, 7) is 1.75. The van der Waals surface area contributed by atoms with Crippen LogP contribution in [0, 0.1) is 0 Å².